The minimum Gasteiger partial charge on any atom is -0.0629 e. The van der Waals surface area contributed by atoms with E-state index in [4.69, 9.17) is 0 Å². The molecule has 1 heteroatoms. The van der Waals surface area contributed by atoms with E-state index >= 15 is 0 Å². The molecule has 2 rings (SSSR count). The highest BCUT2D eigenvalue weighted by Crippen LogP contribution is 2.43. The molecule has 0 radical (unpaired) electrons. The molecule has 0 aromatic heterocycles. The lowest BCUT2D eigenvalue weighted by molar-refractivity contribution is 0.347. The molecular weight excluding hydrogens is 191 g/mol. The molecule has 1 aliphatic carbocycles. The van der Waals surface area contributed by atoms with Crippen molar-refractivity contribution >= 4 is 7.85 Å². The number of benzene rings is 1. The monoisotopic (exact) mass is 214 g/mol. The first kappa shape index (κ1) is 11.8. The lowest BCUT2D eigenvalue weighted by atomic mass is 9.56. The second kappa shape index (κ2) is 4.65. The van der Waals surface area contributed by atoms with Crippen molar-refractivity contribution in [1.82, 2.24) is 0 Å². The molecule has 16 heavy (non-hydrogen) atoms. The van der Waals surface area contributed by atoms with Crippen LogP contribution in [-0.2, 0) is 12.8 Å². The number of rotatable bonds is 1. The first-order valence-electron chi connectivity index (χ1n) is 6.68. The highest BCUT2D eigenvalue weighted by molar-refractivity contribution is 6.15. The van der Waals surface area contributed by atoms with Gasteiger partial charge in [0.05, 0.1) is 0 Å². The maximum atomic E-state index is 2.48. The molecule has 0 fully saturated rings. The van der Waals surface area contributed by atoms with Crippen LogP contribution in [0.5, 0.6) is 0 Å². The summed E-state index contributed by atoms with van der Waals surface area (Å²) in [6.07, 6.45) is 6.63. The minimum absolute atomic E-state index is 0.549. The molecule has 0 bridgehead atoms. The van der Waals surface area contributed by atoms with Gasteiger partial charge in [0.1, 0.15) is 7.85 Å². The van der Waals surface area contributed by atoms with Gasteiger partial charge < -0.3 is 0 Å². The summed E-state index contributed by atoms with van der Waals surface area (Å²) in [6.45, 7) is 4.76. The molecular formula is C15H23B. The first-order chi connectivity index (χ1) is 7.62. The molecule has 86 valence electrons. The fourth-order valence-corrected chi connectivity index (χ4v) is 2.85. The van der Waals surface area contributed by atoms with E-state index in [1.807, 2.05) is 0 Å². The SMILES string of the molecule is BC1(C(C)C)CCCc2ccccc2CC1. The van der Waals surface area contributed by atoms with Crippen LogP contribution in [-0.4, -0.2) is 7.85 Å². The molecule has 1 aromatic carbocycles. The van der Waals surface area contributed by atoms with E-state index in [2.05, 4.69) is 46.0 Å². The summed E-state index contributed by atoms with van der Waals surface area (Å²) in [5, 5.41) is 0.549. The Morgan fingerprint density at radius 1 is 1.06 bits per heavy atom. The number of hydrogen-bond donors (Lipinski definition) is 0. The van der Waals surface area contributed by atoms with Gasteiger partial charge in [-0.3, -0.25) is 0 Å². The van der Waals surface area contributed by atoms with Crippen molar-refractivity contribution in [2.24, 2.45) is 5.92 Å². The van der Waals surface area contributed by atoms with Crippen LogP contribution >= 0.6 is 0 Å². The average molecular weight is 214 g/mol. The maximum absolute atomic E-state index is 2.48. The second-order valence-corrected chi connectivity index (χ2v) is 5.93. The van der Waals surface area contributed by atoms with Crippen molar-refractivity contribution in [3.05, 3.63) is 35.4 Å². The zero-order chi connectivity index (χ0) is 11.6. The van der Waals surface area contributed by atoms with E-state index in [9.17, 15) is 0 Å². The van der Waals surface area contributed by atoms with Gasteiger partial charge in [0.2, 0.25) is 0 Å². The smallest absolute Gasteiger partial charge is 0.0629 e. The molecule has 0 nitrogen and oxygen atoms in total. The topological polar surface area (TPSA) is 0 Å². The van der Waals surface area contributed by atoms with Crippen LogP contribution in [0.2, 0.25) is 5.31 Å². The Labute approximate surface area is 101 Å². The van der Waals surface area contributed by atoms with E-state index in [-0.39, 0.29) is 0 Å². The minimum atomic E-state index is 0.549. The molecule has 0 saturated carbocycles. The van der Waals surface area contributed by atoms with Gasteiger partial charge in [-0.1, -0.05) is 56.3 Å². The second-order valence-electron chi connectivity index (χ2n) is 5.93. The molecule has 0 amide bonds. The molecule has 0 spiro atoms. The van der Waals surface area contributed by atoms with Crippen LogP contribution in [0.3, 0.4) is 0 Å². The number of hydrogen-bond acceptors (Lipinski definition) is 0. The van der Waals surface area contributed by atoms with Crippen molar-refractivity contribution in [2.75, 3.05) is 0 Å². The average Bonchev–Trinajstić information content (AvgIpc) is 2.25. The van der Waals surface area contributed by atoms with Gasteiger partial charge in [-0.25, -0.2) is 0 Å². The summed E-state index contributed by atoms with van der Waals surface area (Å²) in [5.74, 6) is 0.803. The molecule has 1 aromatic rings. The Bertz CT molecular complexity index is 356. The molecule has 1 atom stereocenters. The Morgan fingerprint density at radius 3 is 2.31 bits per heavy atom. The molecule has 0 N–H and O–H groups in total. The predicted octanol–water partition coefficient (Wildman–Crippen LogP) is 3.40. The van der Waals surface area contributed by atoms with Crippen LogP contribution in [0.1, 0.15) is 44.2 Å². The zero-order valence-corrected chi connectivity index (χ0v) is 10.9. The Hall–Kier alpha value is -0.715. The summed E-state index contributed by atoms with van der Waals surface area (Å²) in [7, 11) is 2.48. The van der Waals surface area contributed by atoms with Crippen LogP contribution < -0.4 is 0 Å². The van der Waals surface area contributed by atoms with Gasteiger partial charge in [0, 0.05) is 0 Å². The van der Waals surface area contributed by atoms with Crippen molar-refractivity contribution in [3.63, 3.8) is 0 Å². The van der Waals surface area contributed by atoms with Crippen molar-refractivity contribution in [2.45, 2.75) is 51.3 Å². The van der Waals surface area contributed by atoms with Crippen LogP contribution in [0.25, 0.3) is 0 Å². The van der Waals surface area contributed by atoms with Gasteiger partial charge in [-0.2, -0.15) is 0 Å². The molecule has 1 aliphatic rings. The van der Waals surface area contributed by atoms with E-state index < -0.39 is 0 Å². The fraction of sp³-hybridized carbons (Fsp3) is 0.600. The van der Waals surface area contributed by atoms with E-state index in [1.165, 1.54) is 32.1 Å². The Balaban J connectivity index is 2.19. The molecule has 0 saturated heterocycles. The van der Waals surface area contributed by atoms with Crippen LogP contribution in [0, 0.1) is 5.92 Å². The van der Waals surface area contributed by atoms with Crippen molar-refractivity contribution < 1.29 is 0 Å². The quantitative estimate of drug-likeness (QED) is 0.628. The maximum Gasteiger partial charge on any atom is 0.109 e. The first-order valence-corrected chi connectivity index (χ1v) is 6.68. The number of aryl methyl sites for hydroxylation is 2. The highest BCUT2D eigenvalue weighted by Gasteiger charge is 2.28. The Kier molecular flexibility index (Phi) is 3.42. The van der Waals surface area contributed by atoms with Crippen molar-refractivity contribution in [1.29, 1.82) is 0 Å². The van der Waals surface area contributed by atoms with Crippen molar-refractivity contribution in [3.8, 4) is 0 Å². The molecule has 0 aliphatic heterocycles. The largest absolute Gasteiger partial charge is 0.109 e. The number of fused-ring (bicyclic) bond motifs is 1. The van der Waals surface area contributed by atoms with Gasteiger partial charge in [-0.05, 0) is 36.3 Å². The summed E-state index contributed by atoms with van der Waals surface area (Å²) in [6, 6.07) is 9.00. The summed E-state index contributed by atoms with van der Waals surface area (Å²) in [5.41, 5.74) is 3.18. The third kappa shape index (κ3) is 2.34. The molecule has 1 unspecified atom stereocenters. The van der Waals surface area contributed by atoms with Crippen LogP contribution in [0.15, 0.2) is 24.3 Å². The third-order valence-corrected chi connectivity index (χ3v) is 4.67. The normalized spacial score (nSPS) is 25.9. The van der Waals surface area contributed by atoms with E-state index in [0.29, 0.717) is 5.31 Å². The van der Waals surface area contributed by atoms with Gasteiger partial charge in [-0.15, -0.1) is 0 Å². The lowest BCUT2D eigenvalue weighted by Crippen LogP contribution is -2.23. The van der Waals surface area contributed by atoms with Gasteiger partial charge >= 0.3 is 0 Å². The van der Waals surface area contributed by atoms with Gasteiger partial charge in [0.25, 0.3) is 0 Å². The lowest BCUT2D eigenvalue weighted by Gasteiger charge is -2.36. The fourth-order valence-electron chi connectivity index (χ4n) is 2.85. The standard InChI is InChI=1S/C15H23B/c1-12(2)15(16)10-5-8-13-6-3-4-7-14(13)9-11-15/h3-4,6-7,12H,5,8-11,16H2,1-2H3. The third-order valence-electron chi connectivity index (χ3n) is 4.67. The van der Waals surface area contributed by atoms with E-state index in [0.717, 1.165) is 5.92 Å². The Morgan fingerprint density at radius 2 is 1.69 bits per heavy atom. The summed E-state index contributed by atoms with van der Waals surface area (Å²) in [4.78, 5) is 0. The predicted molar refractivity (Wildman–Crippen MR) is 73.8 cm³/mol. The summed E-state index contributed by atoms with van der Waals surface area (Å²) < 4.78 is 0. The highest BCUT2D eigenvalue weighted by atomic mass is 14.3. The van der Waals surface area contributed by atoms with Gasteiger partial charge in [0.15, 0.2) is 0 Å². The summed E-state index contributed by atoms with van der Waals surface area (Å²) >= 11 is 0. The van der Waals surface area contributed by atoms with Crippen LogP contribution in [0.4, 0.5) is 0 Å². The zero-order valence-electron chi connectivity index (χ0n) is 10.9. The molecule has 0 heterocycles. The van der Waals surface area contributed by atoms with E-state index in [1.54, 1.807) is 11.1 Å².